The van der Waals surface area contributed by atoms with Gasteiger partial charge in [0, 0.05) is 23.7 Å². The highest BCUT2D eigenvalue weighted by Gasteiger charge is 2.10. The van der Waals surface area contributed by atoms with Gasteiger partial charge in [-0.1, -0.05) is 36.4 Å². The van der Waals surface area contributed by atoms with Crippen LogP contribution in [0.1, 0.15) is 36.1 Å². The van der Waals surface area contributed by atoms with E-state index in [-0.39, 0.29) is 17.4 Å². The Morgan fingerprint density at radius 1 is 1.05 bits per heavy atom. The summed E-state index contributed by atoms with van der Waals surface area (Å²) in [6, 6.07) is 12.6. The van der Waals surface area contributed by atoms with E-state index in [4.69, 9.17) is 0 Å². The van der Waals surface area contributed by atoms with Crippen LogP contribution in [0.25, 0.3) is 0 Å². The third-order valence-corrected chi connectivity index (χ3v) is 3.19. The van der Waals surface area contributed by atoms with Crippen LogP contribution in [0.5, 0.6) is 0 Å². The maximum absolute atomic E-state index is 13.6. The molecule has 0 aromatic heterocycles. The normalized spacial score (nSPS) is 12.7. The lowest BCUT2D eigenvalue weighted by Crippen LogP contribution is -2.19. The van der Waals surface area contributed by atoms with Gasteiger partial charge < -0.3 is 5.32 Å². The smallest absolute Gasteiger partial charge is 0.263 e. The lowest BCUT2D eigenvalue weighted by Gasteiger charge is -2.15. The van der Waals surface area contributed by atoms with E-state index in [0.717, 1.165) is 5.56 Å². The summed E-state index contributed by atoms with van der Waals surface area (Å²) in [5.41, 5.74) is 1.33. The van der Waals surface area contributed by atoms with Crippen LogP contribution < -0.4 is 5.32 Å². The van der Waals surface area contributed by atoms with Crippen LogP contribution in [0.15, 0.2) is 48.5 Å². The molecule has 0 spiro atoms. The number of nitrogens with one attached hydrogen (secondary N) is 1. The molecular weight excluding hydrogens is 263 g/mol. The molecule has 1 atom stereocenters. The summed E-state index contributed by atoms with van der Waals surface area (Å²) in [7, 11) is 0. The topological polar surface area (TPSA) is 12.0 Å². The number of alkyl halides is 2. The molecule has 2 rings (SSSR count). The molecule has 0 fully saturated rings. The highest BCUT2D eigenvalue weighted by atomic mass is 19.3. The van der Waals surface area contributed by atoms with E-state index in [1.165, 1.54) is 18.2 Å². The summed E-state index contributed by atoms with van der Waals surface area (Å²) in [5.74, 6) is -0.270. The van der Waals surface area contributed by atoms with Crippen molar-refractivity contribution in [2.45, 2.75) is 25.9 Å². The van der Waals surface area contributed by atoms with Crippen LogP contribution in [0.2, 0.25) is 0 Å². The van der Waals surface area contributed by atoms with E-state index in [0.29, 0.717) is 12.1 Å². The second-order valence-electron chi connectivity index (χ2n) is 4.67. The second-order valence-corrected chi connectivity index (χ2v) is 4.67. The van der Waals surface area contributed by atoms with Gasteiger partial charge in [0.25, 0.3) is 6.43 Å². The lowest BCUT2D eigenvalue weighted by atomic mass is 10.1. The lowest BCUT2D eigenvalue weighted by molar-refractivity contribution is 0.151. The molecule has 1 N–H and O–H groups in total. The molecule has 0 amide bonds. The Balaban J connectivity index is 2.02. The van der Waals surface area contributed by atoms with Crippen molar-refractivity contribution < 1.29 is 13.2 Å². The van der Waals surface area contributed by atoms with Crippen molar-refractivity contribution in [3.63, 3.8) is 0 Å². The van der Waals surface area contributed by atoms with Gasteiger partial charge in [-0.05, 0) is 24.6 Å². The molecule has 2 aromatic rings. The molecule has 0 saturated heterocycles. The van der Waals surface area contributed by atoms with Gasteiger partial charge in [-0.15, -0.1) is 0 Å². The molecule has 4 heteroatoms. The van der Waals surface area contributed by atoms with Crippen LogP contribution in [0.3, 0.4) is 0 Å². The minimum absolute atomic E-state index is 0.00263. The average molecular weight is 279 g/mol. The zero-order valence-electron chi connectivity index (χ0n) is 11.1. The van der Waals surface area contributed by atoms with Crippen molar-refractivity contribution in [1.29, 1.82) is 0 Å². The third kappa shape index (κ3) is 3.61. The number of hydrogen-bond acceptors (Lipinski definition) is 1. The molecule has 0 aliphatic heterocycles. The first kappa shape index (κ1) is 14.6. The van der Waals surface area contributed by atoms with Crippen molar-refractivity contribution in [3.8, 4) is 0 Å². The molecule has 0 aliphatic carbocycles. The summed E-state index contributed by atoms with van der Waals surface area (Å²) in [5, 5.41) is 3.14. The fourth-order valence-corrected chi connectivity index (χ4v) is 2.05. The quantitative estimate of drug-likeness (QED) is 0.842. The van der Waals surface area contributed by atoms with Crippen molar-refractivity contribution in [2.75, 3.05) is 0 Å². The zero-order chi connectivity index (χ0) is 14.5. The number of hydrogen-bond donors (Lipinski definition) is 1. The van der Waals surface area contributed by atoms with Gasteiger partial charge >= 0.3 is 0 Å². The Hall–Kier alpha value is -1.81. The number of rotatable bonds is 5. The van der Waals surface area contributed by atoms with Crippen molar-refractivity contribution in [3.05, 3.63) is 71.0 Å². The summed E-state index contributed by atoms with van der Waals surface area (Å²) < 4.78 is 38.8. The Bertz CT molecular complexity index is 569. The largest absolute Gasteiger partial charge is 0.306 e. The Morgan fingerprint density at radius 2 is 1.80 bits per heavy atom. The molecule has 106 valence electrons. The Morgan fingerprint density at radius 3 is 2.50 bits per heavy atom. The Labute approximate surface area is 116 Å². The van der Waals surface area contributed by atoms with Gasteiger partial charge in [-0.2, -0.15) is 0 Å². The fraction of sp³-hybridized carbons (Fsp3) is 0.250. The first-order chi connectivity index (χ1) is 9.58. The van der Waals surface area contributed by atoms with Crippen molar-refractivity contribution in [2.24, 2.45) is 0 Å². The molecule has 20 heavy (non-hydrogen) atoms. The van der Waals surface area contributed by atoms with Gasteiger partial charge in [-0.25, -0.2) is 13.2 Å². The Kier molecular flexibility index (Phi) is 4.79. The molecule has 0 heterocycles. The zero-order valence-corrected chi connectivity index (χ0v) is 11.1. The average Bonchev–Trinajstić information content (AvgIpc) is 2.45. The van der Waals surface area contributed by atoms with E-state index in [1.807, 2.05) is 6.92 Å². The molecular formula is C16H16F3N. The van der Waals surface area contributed by atoms with E-state index >= 15 is 0 Å². The highest BCUT2D eigenvalue weighted by Crippen LogP contribution is 2.20. The molecule has 0 radical (unpaired) electrons. The standard InChI is InChI=1S/C16H16F3N/c1-11(14-7-2-3-8-15(14)17)20-10-12-5-4-6-13(9-12)16(18)19/h2-9,11,16,20H,10H2,1H3. The highest BCUT2D eigenvalue weighted by molar-refractivity contribution is 5.25. The number of halogens is 3. The van der Waals surface area contributed by atoms with Gasteiger partial charge in [0.1, 0.15) is 5.82 Å². The van der Waals surface area contributed by atoms with Gasteiger partial charge in [0.2, 0.25) is 0 Å². The van der Waals surface area contributed by atoms with E-state index in [2.05, 4.69) is 5.32 Å². The molecule has 1 nitrogen and oxygen atoms in total. The van der Waals surface area contributed by atoms with Crippen molar-refractivity contribution in [1.82, 2.24) is 5.32 Å². The molecule has 0 aliphatic rings. The first-order valence-electron chi connectivity index (χ1n) is 6.42. The minimum atomic E-state index is -2.47. The van der Waals surface area contributed by atoms with Crippen molar-refractivity contribution >= 4 is 0 Å². The summed E-state index contributed by atoms with van der Waals surface area (Å²) in [6.07, 6.45) is -2.47. The summed E-state index contributed by atoms with van der Waals surface area (Å²) in [6.45, 7) is 2.26. The molecule has 0 saturated carbocycles. The van der Waals surface area contributed by atoms with E-state index in [9.17, 15) is 13.2 Å². The second kappa shape index (κ2) is 6.57. The van der Waals surface area contributed by atoms with Crippen LogP contribution in [-0.2, 0) is 6.54 Å². The van der Waals surface area contributed by atoms with Gasteiger partial charge in [0.05, 0.1) is 0 Å². The molecule has 1 unspecified atom stereocenters. The maximum atomic E-state index is 13.6. The fourth-order valence-electron chi connectivity index (χ4n) is 2.05. The predicted molar refractivity (Wildman–Crippen MR) is 73.1 cm³/mol. The number of benzene rings is 2. The summed E-state index contributed by atoms with van der Waals surface area (Å²) in [4.78, 5) is 0. The van der Waals surface area contributed by atoms with Crippen LogP contribution >= 0.6 is 0 Å². The summed E-state index contributed by atoms with van der Waals surface area (Å²) >= 11 is 0. The van der Waals surface area contributed by atoms with E-state index < -0.39 is 6.43 Å². The molecule has 0 bridgehead atoms. The maximum Gasteiger partial charge on any atom is 0.263 e. The molecule has 2 aromatic carbocycles. The monoisotopic (exact) mass is 279 g/mol. The SMILES string of the molecule is CC(NCc1cccc(C(F)F)c1)c1ccccc1F. The van der Waals surface area contributed by atoms with Crippen LogP contribution in [-0.4, -0.2) is 0 Å². The van der Waals surface area contributed by atoms with Gasteiger partial charge in [0.15, 0.2) is 0 Å². The van der Waals surface area contributed by atoms with Crippen LogP contribution in [0.4, 0.5) is 13.2 Å². The predicted octanol–water partition coefficient (Wildman–Crippen LogP) is 4.61. The van der Waals surface area contributed by atoms with Crippen LogP contribution in [0, 0.1) is 5.82 Å². The third-order valence-electron chi connectivity index (χ3n) is 3.19. The van der Waals surface area contributed by atoms with Gasteiger partial charge in [-0.3, -0.25) is 0 Å². The van der Waals surface area contributed by atoms with E-state index in [1.54, 1.807) is 30.3 Å². The first-order valence-corrected chi connectivity index (χ1v) is 6.42. The minimum Gasteiger partial charge on any atom is -0.306 e.